The van der Waals surface area contributed by atoms with Gasteiger partial charge in [0, 0.05) is 36.2 Å². The number of hydrogen-bond acceptors (Lipinski definition) is 4. The number of fused-ring (bicyclic) bond motifs is 2. The molecule has 0 aliphatic carbocycles. The number of rotatable bonds is 3. The van der Waals surface area contributed by atoms with Crippen molar-refractivity contribution in [1.82, 2.24) is 0 Å². The summed E-state index contributed by atoms with van der Waals surface area (Å²) in [5.41, 5.74) is 2.26. The van der Waals surface area contributed by atoms with Crippen LogP contribution >= 0.6 is 11.6 Å². The summed E-state index contributed by atoms with van der Waals surface area (Å²) in [6.07, 6.45) is 0. The quantitative estimate of drug-likeness (QED) is 0.530. The molecule has 2 heterocycles. The molecule has 34 heavy (non-hydrogen) atoms. The van der Waals surface area contributed by atoms with Gasteiger partial charge in [0.15, 0.2) is 11.6 Å². The second kappa shape index (κ2) is 8.22. The second-order valence-corrected chi connectivity index (χ2v) is 9.03. The van der Waals surface area contributed by atoms with E-state index >= 15 is 0 Å². The molecule has 0 saturated heterocycles. The van der Waals surface area contributed by atoms with Gasteiger partial charge in [-0.25, -0.2) is 0 Å². The topological polar surface area (TPSA) is 74.8 Å². The lowest BCUT2D eigenvalue weighted by Crippen LogP contribution is -2.52. The molecule has 0 spiro atoms. The minimum absolute atomic E-state index is 0.381. The highest BCUT2D eigenvalue weighted by Crippen LogP contribution is 2.45. The lowest BCUT2D eigenvalue weighted by atomic mass is 9.68. The third-order valence-corrected chi connectivity index (χ3v) is 7.01. The summed E-state index contributed by atoms with van der Waals surface area (Å²) in [7, 11) is 3.20. The maximum Gasteiger partial charge on any atom is 0.238 e. The van der Waals surface area contributed by atoms with E-state index in [4.69, 9.17) is 11.6 Å². The van der Waals surface area contributed by atoms with Crippen LogP contribution in [0.25, 0.3) is 0 Å². The van der Waals surface area contributed by atoms with E-state index in [1.54, 1.807) is 86.9 Å². The molecular formula is C27H21ClN2O4. The molecule has 170 valence electrons. The molecule has 0 fully saturated rings. The van der Waals surface area contributed by atoms with Crippen molar-refractivity contribution < 1.29 is 19.2 Å². The number of carbonyl (C=O) groups is 4. The van der Waals surface area contributed by atoms with E-state index in [0.717, 1.165) is 0 Å². The van der Waals surface area contributed by atoms with Crippen molar-refractivity contribution in [2.24, 2.45) is 11.8 Å². The first-order valence-corrected chi connectivity index (χ1v) is 11.3. The fraction of sp³-hybridized carbons (Fsp3) is 0.185. The maximum absolute atomic E-state index is 13.7. The van der Waals surface area contributed by atoms with Crippen molar-refractivity contribution in [2.45, 2.75) is 5.92 Å². The summed E-state index contributed by atoms with van der Waals surface area (Å²) in [6, 6.07) is 20.4. The van der Waals surface area contributed by atoms with Crippen LogP contribution in [-0.2, 0) is 9.59 Å². The van der Waals surface area contributed by atoms with Crippen LogP contribution in [0.3, 0.4) is 0 Å². The Bertz CT molecular complexity index is 1290. The summed E-state index contributed by atoms with van der Waals surface area (Å²) in [4.78, 5) is 57.6. The first-order valence-electron chi connectivity index (χ1n) is 10.9. The van der Waals surface area contributed by atoms with Gasteiger partial charge < -0.3 is 9.80 Å². The molecular weight excluding hydrogens is 452 g/mol. The SMILES string of the molecule is CN1C(=O)[C@H](C(c2cccc(Cl)c2)[C@H]2C(=O)c3ccccc3N(C)C2=O)C(=O)c2ccccc21. The number of Topliss-reactive ketones (excluding diaryl/α,β-unsaturated/α-hetero) is 2. The lowest BCUT2D eigenvalue weighted by molar-refractivity contribution is -0.124. The predicted molar refractivity (Wildman–Crippen MR) is 130 cm³/mol. The van der Waals surface area contributed by atoms with Crippen molar-refractivity contribution >= 4 is 46.4 Å². The zero-order valence-electron chi connectivity index (χ0n) is 18.6. The van der Waals surface area contributed by atoms with Crippen LogP contribution in [-0.4, -0.2) is 37.5 Å². The second-order valence-electron chi connectivity index (χ2n) is 8.59. The molecule has 0 aromatic heterocycles. The van der Waals surface area contributed by atoms with Crippen LogP contribution in [0.1, 0.15) is 32.2 Å². The molecule has 5 rings (SSSR count). The highest BCUT2D eigenvalue weighted by atomic mass is 35.5. The number of benzene rings is 3. The molecule has 2 amide bonds. The van der Waals surface area contributed by atoms with Crippen LogP contribution in [0.4, 0.5) is 11.4 Å². The number of nitrogens with zero attached hydrogens (tertiary/aromatic N) is 2. The smallest absolute Gasteiger partial charge is 0.238 e. The molecule has 0 radical (unpaired) electrons. The van der Waals surface area contributed by atoms with Gasteiger partial charge in [0.1, 0.15) is 11.8 Å². The lowest BCUT2D eigenvalue weighted by Gasteiger charge is -2.40. The zero-order valence-corrected chi connectivity index (χ0v) is 19.3. The van der Waals surface area contributed by atoms with E-state index in [2.05, 4.69) is 0 Å². The molecule has 3 atom stereocenters. The van der Waals surface area contributed by atoms with E-state index in [9.17, 15) is 19.2 Å². The number of halogens is 1. The van der Waals surface area contributed by atoms with Gasteiger partial charge in [-0.15, -0.1) is 0 Å². The molecule has 2 aliphatic rings. The Hall–Kier alpha value is -3.77. The van der Waals surface area contributed by atoms with Gasteiger partial charge in [0.05, 0.1) is 11.4 Å². The Labute approximate surface area is 201 Å². The van der Waals surface area contributed by atoms with Crippen LogP contribution in [0.5, 0.6) is 0 Å². The third kappa shape index (κ3) is 3.25. The van der Waals surface area contributed by atoms with Crippen LogP contribution in [0.15, 0.2) is 72.8 Å². The zero-order chi connectivity index (χ0) is 24.1. The number of amides is 2. The Balaban J connectivity index is 1.72. The minimum Gasteiger partial charge on any atom is -0.314 e. The Morgan fingerprint density at radius 2 is 1.15 bits per heavy atom. The largest absolute Gasteiger partial charge is 0.314 e. The van der Waals surface area contributed by atoms with Gasteiger partial charge in [-0.3, -0.25) is 19.2 Å². The van der Waals surface area contributed by atoms with Crippen LogP contribution in [0, 0.1) is 11.8 Å². The highest BCUT2D eigenvalue weighted by Gasteiger charge is 2.52. The van der Waals surface area contributed by atoms with E-state index in [-0.39, 0.29) is 0 Å². The summed E-state index contributed by atoms with van der Waals surface area (Å²) in [6.45, 7) is 0. The number of para-hydroxylation sites is 2. The first-order chi connectivity index (χ1) is 16.3. The summed E-state index contributed by atoms with van der Waals surface area (Å²) < 4.78 is 0. The molecule has 0 saturated carbocycles. The van der Waals surface area contributed by atoms with Gasteiger partial charge in [0.2, 0.25) is 11.8 Å². The van der Waals surface area contributed by atoms with Crippen LogP contribution in [0.2, 0.25) is 5.02 Å². The summed E-state index contributed by atoms with van der Waals surface area (Å²) in [5, 5.41) is 0.386. The molecule has 0 N–H and O–H groups in total. The monoisotopic (exact) mass is 472 g/mol. The van der Waals surface area contributed by atoms with E-state index in [0.29, 0.717) is 33.1 Å². The number of carbonyl (C=O) groups excluding carboxylic acids is 4. The molecule has 3 aromatic carbocycles. The average molecular weight is 473 g/mol. The van der Waals surface area contributed by atoms with Gasteiger partial charge in [-0.05, 0) is 42.0 Å². The number of anilines is 2. The third-order valence-electron chi connectivity index (χ3n) is 6.77. The van der Waals surface area contributed by atoms with Crippen LogP contribution < -0.4 is 9.80 Å². The molecule has 3 aromatic rings. The molecule has 6 nitrogen and oxygen atoms in total. The summed E-state index contributed by atoms with van der Waals surface area (Å²) >= 11 is 6.27. The van der Waals surface area contributed by atoms with Gasteiger partial charge in [-0.1, -0.05) is 48.0 Å². The van der Waals surface area contributed by atoms with Crippen molar-refractivity contribution in [3.8, 4) is 0 Å². The van der Waals surface area contributed by atoms with Crippen molar-refractivity contribution in [3.63, 3.8) is 0 Å². The molecule has 2 aliphatic heterocycles. The van der Waals surface area contributed by atoms with E-state index < -0.39 is 41.1 Å². The molecule has 1 unspecified atom stereocenters. The number of hydrogen-bond donors (Lipinski definition) is 0. The van der Waals surface area contributed by atoms with Crippen molar-refractivity contribution in [3.05, 3.63) is 94.5 Å². The van der Waals surface area contributed by atoms with Crippen molar-refractivity contribution in [2.75, 3.05) is 23.9 Å². The van der Waals surface area contributed by atoms with Gasteiger partial charge in [0.25, 0.3) is 0 Å². The standard InChI is InChI=1S/C27H21ClN2O4/c1-29-19-12-5-3-10-17(19)24(31)22(26(29)33)21(15-8-7-9-16(28)14-15)23-25(32)18-11-4-6-13-20(18)30(2)27(23)34/h3-14,21-23H,1-2H3/t21?,22-,23+. The minimum atomic E-state index is -1.25. The van der Waals surface area contributed by atoms with Gasteiger partial charge in [-0.2, -0.15) is 0 Å². The molecule has 0 bridgehead atoms. The summed E-state index contributed by atoms with van der Waals surface area (Å²) in [5.74, 6) is -5.28. The Morgan fingerprint density at radius 1 is 0.676 bits per heavy atom. The first kappa shape index (κ1) is 22.0. The fourth-order valence-corrected chi connectivity index (χ4v) is 5.29. The van der Waals surface area contributed by atoms with E-state index in [1.807, 2.05) is 0 Å². The Morgan fingerprint density at radius 3 is 1.62 bits per heavy atom. The van der Waals surface area contributed by atoms with E-state index in [1.165, 1.54) is 9.80 Å². The fourth-order valence-electron chi connectivity index (χ4n) is 5.09. The number of ketones is 2. The molecule has 7 heteroatoms. The average Bonchev–Trinajstić information content (AvgIpc) is 2.85. The Kier molecular flexibility index (Phi) is 5.33. The highest BCUT2D eigenvalue weighted by molar-refractivity contribution is 6.30. The maximum atomic E-state index is 13.7. The van der Waals surface area contributed by atoms with Gasteiger partial charge >= 0.3 is 0 Å². The predicted octanol–water partition coefficient (Wildman–Crippen LogP) is 4.37. The van der Waals surface area contributed by atoms with Crippen molar-refractivity contribution in [1.29, 1.82) is 0 Å². The normalized spacial score (nSPS) is 20.8.